The van der Waals surface area contributed by atoms with E-state index in [1.807, 2.05) is 29.2 Å². The quantitative estimate of drug-likeness (QED) is 0.779. The summed E-state index contributed by atoms with van der Waals surface area (Å²) in [6, 6.07) is 7.78. The molecule has 3 amide bonds. The number of nitrogens with zero attached hydrogens (tertiary/aromatic N) is 2. The lowest BCUT2D eigenvalue weighted by Gasteiger charge is -2.31. The summed E-state index contributed by atoms with van der Waals surface area (Å²) >= 11 is 0. The van der Waals surface area contributed by atoms with Gasteiger partial charge in [0.05, 0.1) is 5.92 Å². The highest BCUT2D eigenvalue weighted by atomic mass is 16.5. The van der Waals surface area contributed by atoms with Crippen molar-refractivity contribution in [2.75, 3.05) is 39.5 Å². The first-order chi connectivity index (χ1) is 14.1. The molecule has 3 heterocycles. The van der Waals surface area contributed by atoms with Gasteiger partial charge in [-0.05, 0) is 18.9 Å². The molecule has 0 aliphatic carbocycles. The molecule has 8 nitrogen and oxygen atoms in total. The maximum Gasteiger partial charge on any atom is 0.260 e. The maximum atomic E-state index is 12.6. The molecule has 4 rings (SSSR count). The van der Waals surface area contributed by atoms with E-state index in [1.165, 1.54) is 0 Å². The third-order valence-electron chi connectivity index (χ3n) is 5.88. The zero-order valence-electron chi connectivity index (χ0n) is 16.5. The molecule has 3 aliphatic heterocycles. The third-order valence-corrected chi connectivity index (χ3v) is 5.88. The van der Waals surface area contributed by atoms with E-state index >= 15 is 0 Å². The van der Waals surface area contributed by atoms with Crippen LogP contribution >= 0.6 is 0 Å². The number of carbonyl (C=O) groups is 3. The summed E-state index contributed by atoms with van der Waals surface area (Å²) in [7, 11) is 0. The van der Waals surface area contributed by atoms with Crippen molar-refractivity contribution in [3.8, 4) is 5.75 Å². The maximum absolute atomic E-state index is 12.6. The van der Waals surface area contributed by atoms with Crippen LogP contribution in [0.25, 0.3) is 0 Å². The number of fused-ring (bicyclic) bond motifs is 1. The van der Waals surface area contributed by atoms with Crippen LogP contribution < -0.4 is 10.1 Å². The van der Waals surface area contributed by atoms with Crippen LogP contribution in [-0.4, -0.2) is 73.0 Å². The molecule has 1 aromatic carbocycles. The average Bonchev–Trinajstić information content (AvgIpc) is 3.06. The predicted octanol–water partition coefficient (Wildman–Crippen LogP) is 0.551. The van der Waals surface area contributed by atoms with Gasteiger partial charge in [0.15, 0.2) is 6.61 Å². The monoisotopic (exact) mass is 401 g/mol. The van der Waals surface area contributed by atoms with Crippen molar-refractivity contribution >= 4 is 17.7 Å². The molecule has 0 bridgehead atoms. The van der Waals surface area contributed by atoms with Crippen molar-refractivity contribution in [2.45, 2.75) is 31.8 Å². The van der Waals surface area contributed by atoms with Gasteiger partial charge in [0, 0.05) is 57.4 Å². The number of benzene rings is 1. The summed E-state index contributed by atoms with van der Waals surface area (Å²) in [5, 5.41) is 2.90. The minimum Gasteiger partial charge on any atom is -0.483 e. The van der Waals surface area contributed by atoms with Crippen molar-refractivity contribution in [1.82, 2.24) is 15.1 Å². The van der Waals surface area contributed by atoms with Gasteiger partial charge in [-0.15, -0.1) is 0 Å². The molecular weight excluding hydrogens is 374 g/mol. The van der Waals surface area contributed by atoms with Crippen LogP contribution in [0, 0.1) is 5.92 Å². The highest BCUT2D eigenvalue weighted by molar-refractivity contribution is 5.89. The van der Waals surface area contributed by atoms with Crippen molar-refractivity contribution < 1.29 is 23.9 Å². The summed E-state index contributed by atoms with van der Waals surface area (Å²) < 4.78 is 10.9. The van der Waals surface area contributed by atoms with Crippen LogP contribution in [0.2, 0.25) is 0 Å². The summed E-state index contributed by atoms with van der Waals surface area (Å²) in [4.78, 5) is 40.8. The van der Waals surface area contributed by atoms with Crippen molar-refractivity contribution in [2.24, 2.45) is 5.92 Å². The highest BCUT2D eigenvalue weighted by Crippen LogP contribution is 2.25. The SMILES string of the molecule is O=C(NCCN1Cc2ccccc2OCC1=O)C1CC(=O)N(C2CCOCC2)C1. The molecule has 3 aliphatic rings. The number of amides is 3. The number of ether oxygens (including phenoxy) is 2. The van der Waals surface area contributed by atoms with Gasteiger partial charge in [-0.2, -0.15) is 0 Å². The Morgan fingerprint density at radius 2 is 1.93 bits per heavy atom. The molecular formula is C21H27N3O5. The van der Waals surface area contributed by atoms with Gasteiger partial charge < -0.3 is 24.6 Å². The first-order valence-electron chi connectivity index (χ1n) is 10.2. The lowest BCUT2D eigenvalue weighted by molar-refractivity contribution is -0.133. The van der Waals surface area contributed by atoms with E-state index in [2.05, 4.69) is 5.32 Å². The van der Waals surface area contributed by atoms with E-state index in [1.54, 1.807) is 4.90 Å². The largest absolute Gasteiger partial charge is 0.483 e. The third kappa shape index (κ3) is 4.53. The van der Waals surface area contributed by atoms with Gasteiger partial charge in [-0.1, -0.05) is 18.2 Å². The standard InChI is InChI=1S/C21H27N3O5/c25-19-11-16(13-24(19)17-5-9-28-10-6-17)21(27)22-7-8-23-12-15-3-1-2-4-18(15)29-14-20(23)26/h1-4,16-17H,5-14H2,(H,22,27). The second-order valence-corrected chi connectivity index (χ2v) is 7.79. The molecule has 156 valence electrons. The Morgan fingerprint density at radius 1 is 1.14 bits per heavy atom. The molecule has 29 heavy (non-hydrogen) atoms. The Bertz CT molecular complexity index is 777. The second-order valence-electron chi connectivity index (χ2n) is 7.79. The van der Waals surface area contributed by atoms with E-state index < -0.39 is 0 Å². The van der Waals surface area contributed by atoms with Crippen LogP contribution in [0.3, 0.4) is 0 Å². The van der Waals surface area contributed by atoms with Gasteiger partial charge in [0.25, 0.3) is 5.91 Å². The van der Waals surface area contributed by atoms with Gasteiger partial charge >= 0.3 is 0 Å². The fraction of sp³-hybridized carbons (Fsp3) is 0.571. The Hall–Kier alpha value is -2.61. The summed E-state index contributed by atoms with van der Waals surface area (Å²) in [6.07, 6.45) is 1.93. The van der Waals surface area contributed by atoms with Crippen molar-refractivity contribution in [3.05, 3.63) is 29.8 Å². The molecule has 2 fully saturated rings. The van der Waals surface area contributed by atoms with Crippen LogP contribution in [0.15, 0.2) is 24.3 Å². The number of rotatable bonds is 5. The minimum absolute atomic E-state index is 0.00213. The number of carbonyl (C=O) groups excluding carboxylic acids is 3. The summed E-state index contributed by atoms with van der Waals surface area (Å²) in [5.74, 6) is 0.233. The lowest BCUT2D eigenvalue weighted by atomic mass is 10.1. The fourth-order valence-corrected chi connectivity index (χ4v) is 4.22. The molecule has 2 saturated heterocycles. The van der Waals surface area contributed by atoms with Gasteiger partial charge in [0.1, 0.15) is 5.75 Å². The highest BCUT2D eigenvalue weighted by Gasteiger charge is 2.38. The number of nitrogens with one attached hydrogen (secondary N) is 1. The molecule has 1 N–H and O–H groups in total. The lowest BCUT2D eigenvalue weighted by Crippen LogP contribution is -2.42. The van der Waals surface area contributed by atoms with Crippen molar-refractivity contribution in [1.29, 1.82) is 0 Å². The number of hydrogen-bond donors (Lipinski definition) is 1. The van der Waals surface area contributed by atoms with E-state index in [9.17, 15) is 14.4 Å². The molecule has 1 unspecified atom stereocenters. The zero-order valence-corrected chi connectivity index (χ0v) is 16.5. The van der Waals surface area contributed by atoms with E-state index in [-0.39, 0.29) is 42.7 Å². The molecule has 0 aromatic heterocycles. The van der Waals surface area contributed by atoms with E-state index in [0.717, 1.165) is 24.2 Å². The topological polar surface area (TPSA) is 88.2 Å². The average molecular weight is 401 g/mol. The Morgan fingerprint density at radius 3 is 2.76 bits per heavy atom. The number of hydrogen-bond acceptors (Lipinski definition) is 5. The molecule has 1 atom stereocenters. The van der Waals surface area contributed by atoms with Crippen LogP contribution in [0.1, 0.15) is 24.8 Å². The van der Waals surface area contributed by atoms with Crippen LogP contribution in [0.4, 0.5) is 0 Å². The van der Waals surface area contributed by atoms with Gasteiger partial charge in [-0.3, -0.25) is 14.4 Å². The summed E-state index contributed by atoms with van der Waals surface area (Å²) in [5.41, 5.74) is 0.957. The Kier molecular flexibility index (Phi) is 5.99. The molecule has 0 radical (unpaired) electrons. The van der Waals surface area contributed by atoms with E-state index in [0.29, 0.717) is 39.4 Å². The zero-order chi connectivity index (χ0) is 20.2. The van der Waals surface area contributed by atoms with Crippen LogP contribution in [-0.2, 0) is 25.7 Å². The fourth-order valence-electron chi connectivity index (χ4n) is 4.22. The second kappa shape index (κ2) is 8.82. The first kappa shape index (κ1) is 19.7. The van der Waals surface area contributed by atoms with Gasteiger partial charge in [-0.25, -0.2) is 0 Å². The van der Waals surface area contributed by atoms with Gasteiger partial charge in [0.2, 0.25) is 11.8 Å². The summed E-state index contributed by atoms with van der Waals surface area (Å²) in [6.45, 7) is 3.04. The molecule has 0 spiro atoms. The Balaban J connectivity index is 1.26. The smallest absolute Gasteiger partial charge is 0.260 e. The van der Waals surface area contributed by atoms with Crippen LogP contribution in [0.5, 0.6) is 5.75 Å². The minimum atomic E-state index is -0.325. The van der Waals surface area contributed by atoms with E-state index in [4.69, 9.17) is 9.47 Å². The number of likely N-dealkylation sites (tertiary alicyclic amines) is 1. The molecule has 8 heteroatoms. The first-order valence-corrected chi connectivity index (χ1v) is 10.2. The predicted molar refractivity (Wildman–Crippen MR) is 104 cm³/mol. The molecule has 1 aromatic rings. The molecule has 0 saturated carbocycles. The Labute approximate surface area is 170 Å². The normalized spacial score (nSPS) is 22.8. The number of para-hydroxylation sites is 1. The van der Waals surface area contributed by atoms with Crippen molar-refractivity contribution in [3.63, 3.8) is 0 Å².